The highest BCUT2D eigenvalue weighted by Gasteiger charge is 2.16. The second-order valence-corrected chi connectivity index (χ2v) is 5.01. The number of hydrogen-bond acceptors (Lipinski definition) is 5. The van der Waals surface area contributed by atoms with Crippen LogP contribution in [-0.2, 0) is 4.79 Å². The Morgan fingerprint density at radius 2 is 2.28 bits per heavy atom. The van der Waals surface area contributed by atoms with E-state index in [0.717, 1.165) is 16.1 Å². The Hall–Kier alpha value is -1.66. The minimum atomic E-state index is 0.00324. The lowest BCUT2D eigenvalue weighted by Gasteiger charge is -2.16. The molecule has 0 aliphatic carbocycles. The number of benzene rings is 1. The minimum absolute atomic E-state index is 0.00324. The summed E-state index contributed by atoms with van der Waals surface area (Å²) >= 11 is 7.22. The van der Waals surface area contributed by atoms with Crippen LogP contribution < -0.4 is 5.32 Å². The third-order valence-corrected chi connectivity index (χ3v) is 3.67. The summed E-state index contributed by atoms with van der Waals surface area (Å²) in [6.45, 7) is 0. The molecule has 5 nitrogen and oxygen atoms in total. The molecule has 2 aromatic rings. The lowest BCUT2D eigenvalue weighted by atomic mass is 10.1. The van der Waals surface area contributed by atoms with Crippen molar-refractivity contribution in [3.8, 4) is 11.3 Å². The van der Waals surface area contributed by atoms with Crippen LogP contribution in [0.15, 0.2) is 29.3 Å². The smallest absolute Gasteiger partial charge is 0.243 e. The van der Waals surface area contributed by atoms with Crippen molar-refractivity contribution in [2.45, 2.75) is 4.90 Å². The summed E-state index contributed by atoms with van der Waals surface area (Å²) in [6.07, 6.45) is 1.53. The fourth-order valence-corrected chi connectivity index (χ4v) is 2.59. The summed E-state index contributed by atoms with van der Waals surface area (Å²) in [5.74, 6) is 0.455. The molecule has 0 spiro atoms. The van der Waals surface area contributed by atoms with Crippen LogP contribution in [0.25, 0.3) is 11.3 Å². The molecule has 2 heterocycles. The van der Waals surface area contributed by atoms with E-state index in [1.54, 1.807) is 0 Å². The van der Waals surface area contributed by atoms with E-state index in [0.29, 0.717) is 11.4 Å². The summed E-state index contributed by atoms with van der Waals surface area (Å²) in [5.41, 5.74) is 2.26. The third kappa shape index (κ3) is 2.16. The van der Waals surface area contributed by atoms with Gasteiger partial charge in [-0.25, -0.2) is 4.98 Å². The van der Waals surface area contributed by atoms with Crippen molar-refractivity contribution in [3.05, 3.63) is 29.7 Å². The van der Waals surface area contributed by atoms with Crippen LogP contribution in [0.3, 0.4) is 0 Å². The number of halogens is 1. The van der Waals surface area contributed by atoms with Gasteiger partial charge in [0.2, 0.25) is 11.2 Å². The highest BCUT2D eigenvalue weighted by molar-refractivity contribution is 8.00. The number of nitrogens with one attached hydrogen (secondary N) is 1. The summed E-state index contributed by atoms with van der Waals surface area (Å²) < 4.78 is 0. The number of nitrogens with zero attached hydrogens (tertiary/aromatic N) is 3. The average Bonchev–Trinajstić information content (AvgIpc) is 2.38. The number of hydrogen-bond donors (Lipinski definition) is 1. The van der Waals surface area contributed by atoms with Gasteiger partial charge in [-0.2, -0.15) is 5.10 Å². The molecule has 7 heteroatoms. The number of aromatic nitrogens is 3. The molecule has 1 aromatic carbocycles. The van der Waals surface area contributed by atoms with E-state index in [4.69, 9.17) is 11.6 Å². The Morgan fingerprint density at radius 1 is 1.39 bits per heavy atom. The zero-order chi connectivity index (χ0) is 12.5. The van der Waals surface area contributed by atoms with Gasteiger partial charge in [-0.3, -0.25) is 4.79 Å². The maximum Gasteiger partial charge on any atom is 0.243 e. The van der Waals surface area contributed by atoms with Gasteiger partial charge < -0.3 is 5.32 Å². The SMILES string of the molecule is O=C1CSc2ccc(-c3cnnc(Cl)n3)cc2N1. The molecule has 0 unspecified atom stereocenters. The summed E-state index contributed by atoms with van der Waals surface area (Å²) in [4.78, 5) is 16.5. The molecule has 0 saturated carbocycles. The Kier molecular flexibility index (Phi) is 2.89. The second kappa shape index (κ2) is 4.55. The molecule has 1 aliphatic rings. The van der Waals surface area contributed by atoms with Crippen LogP contribution in [0.2, 0.25) is 5.28 Å². The van der Waals surface area contributed by atoms with Gasteiger partial charge in [-0.05, 0) is 23.7 Å². The lowest BCUT2D eigenvalue weighted by molar-refractivity contribution is -0.113. The zero-order valence-electron chi connectivity index (χ0n) is 9.05. The Labute approximate surface area is 112 Å². The van der Waals surface area contributed by atoms with Gasteiger partial charge in [0.25, 0.3) is 0 Å². The van der Waals surface area contributed by atoms with Crippen LogP contribution in [0.1, 0.15) is 0 Å². The van der Waals surface area contributed by atoms with Crippen molar-refractivity contribution < 1.29 is 4.79 Å². The van der Waals surface area contributed by atoms with E-state index in [9.17, 15) is 4.79 Å². The van der Waals surface area contributed by atoms with Crippen molar-refractivity contribution in [2.24, 2.45) is 0 Å². The number of carbonyl (C=O) groups excluding carboxylic acids is 1. The highest BCUT2D eigenvalue weighted by atomic mass is 35.5. The monoisotopic (exact) mass is 278 g/mol. The topological polar surface area (TPSA) is 67.8 Å². The molecule has 1 amide bonds. The van der Waals surface area contributed by atoms with E-state index < -0.39 is 0 Å². The number of anilines is 1. The predicted octanol–water partition coefficient (Wildman–Crippen LogP) is 2.24. The molecule has 18 heavy (non-hydrogen) atoms. The van der Waals surface area contributed by atoms with Gasteiger partial charge in [-0.15, -0.1) is 16.9 Å². The van der Waals surface area contributed by atoms with Crippen molar-refractivity contribution in [1.29, 1.82) is 0 Å². The van der Waals surface area contributed by atoms with Crippen molar-refractivity contribution >= 4 is 35.0 Å². The summed E-state index contributed by atoms with van der Waals surface area (Å²) in [5, 5.41) is 10.3. The quantitative estimate of drug-likeness (QED) is 0.866. The third-order valence-electron chi connectivity index (χ3n) is 2.44. The summed E-state index contributed by atoms with van der Waals surface area (Å²) in [6, 6.07) is 5.73. The lowest BCUT2D eigenvalue weighted by Crippen LogP contribution is -2.18. The highest BCUT2D eigenvalue weighted by Crippen LogP contribution is 2.34. The molecule has 0 radical (unpaired) electrons. The number of thioether (sulfide) groups is 1. The maximum absolute atomic E-state index is 11.3. The molecule has 1 aromatic heterocycles. The van der Waals surface area contributed by atoms with Crippen LogP contribution in [0.5, 0.6) is 0 Å². The van der Waals surface area contributed by atoms with Gasteiger partial charge in [0.1, 0.15) is 0 Å². The van der Waals surface area contributed by atoms with Gasteiger partial charge in [0, 0.05) is 10.5 Å². The number of fused-ring (bicyclic) bond motifs is 1. The molecule has 0 saturated heterocycles. The first-order chi connectivity index (χ1) is 8.72. The fraction of sp³-hybridized carbons (Fsp3) is 0.0909. The predicted molar refractivity (Wildman–Crippen MR) is 69.6 cm³/mol. The second-order valence-electron chi connectivity index (χ2n) is 3.66. The van der Waals surface area contributed by atoms with E-state index in [1.807, 2.05) is 18.2 Å². The van der Waals surface area contributed by atoms with Crippen molar-refractivity contribution in [2.75, 3.05) is 11.1 Å². The van der Waals surface area contributed by atoms with Gasteiger partial charge in [0.15, 0.2) is 0 Å². The number of rotatable bonds is 1. The van der Waals surface area contributed by atoms with Gasteiger partial charge >= 0.3 is 0 Å². The summed E-state index contributed by atoms with van der Waals surface area (Å²) in [7, 11) is 0. The average molecular weight is 279 g/mol. The standard InChI is InChI=1S/C11H7ClN4OS/c12-11-15-8(4-13-16-11)6-1-2-9-7(3-6)14-10(17)5-18-9/h1-4H,5H2,(H,14,17). The molecule has 3 rings (SSSR count). The van der Waals surface area contributed by atoms with E-state index >= 15 is 0 Å². The molecule has 1 aliphatic heterocycles. The van der Waals surface area contributed by atoms with E-state index in [2.05, 4.69) is 20.5 Å². The van der Waals surface area contributed by atoms with Gasteiger partial charge in [0.05, 0.1) is 23.3 Å². The van der Waals surface area contributed by atoms with E-state index in [1.165, 1.54) is 18.0 Å². The normalized spacial score (nSPS) is 13.9. The number of amides is 1. The Balaban J connectivity index is 2.04. The fourth-order valence-electron chi connectivity index (χ4n) is 1.66. The van der Waals surface area contributed by atoms with Crippen LogP contribution in [0, 0.1) is 0 Å². The Bertz CT molecular complexity index is 634. The molecule has 0 bridgehead atoms. The van der Waals surface area contributed by atoms with Crippen LogP contribution >= 0.6 is 23.4 Å². The van der Waals surface area contributed by atoms with Crippen LogP contribution in [0.4, 0.5) is 5.69 Å². The van der Waals surface area contributed by atoms with Crippen molar-refractivity contribution in [1.82, 2.24) is 15.2 Å². The molecular formula is C11H7ClN4OS. The van der Waals surface area contributed by atoms with Crippen LogP contribution in [-0.4, -0.2) is 26.8 Å². The first kappa shape index (κ1) is 11.4. The van der Waals surface area contributed by atoms with E-state index in [-0.39, 0.29) is 11.2 Å². The maximum atomic E-state index is 11.3. The largest absolute Gasteiger partial charge is 0.324 e. The first-order valence-corrected chi connectivity index (χ1v) is 6.51. The van der Waals surface area contributed by atoms with Crippen molar-refractivity contribution in [3.63, 3.8) is 0 Å². The molecular weight excluding hydrogens is 272 g/mol. The first-order valence-electron chi connectivity index (χ1n) is 5.15. The molecule has 0 fully saturated rings. The minimum Gasteiger partial charge on any atom is -0.324 e. The zero-order valence-corrected chi connectivity index (χ0v) is 10.6. The number of carbonyl (C=O) groups is 1. The van der Waals surface area contributed by atoms with Gasteiger partial charge in [-0.1, -0.05) is 6.07 Å². The molecule has 0 atom stereocenters. The Morgan fingerprint density at radius 3 is 3.11 bits per heavy atom. The molecule has 90 valence electrons. The molecule has 1 N–H and O–H groups in total.